The summed E-state index contributed by atoms with van der Waals surface area (Å²) in [6, 6.07) is 0. The molecule has 0 saturated heterocycles. The van der Waals surface area contributed by atoms with E-state index < -0.39 is 5.97 Å². The van der Waals surface area contributed by atoms with Gasteiger partial charge in [0.05, 0.1) is 0 Å². The lowest BCUT2D eigenvalue weighted by Gasteiger charge is -2.09. The molecule has 1 aliphatic carbocycles. The number of carboxylic acid groups (broad SMARTS) is 1. The maximum absolute atomic E-state index is 10.1. The molecule has 0 unspecified atom stereocenters. The first-order chi connectivity index (χ1) is 6.09. The Labute approximate surface area is 75.1 Å². The number of carboxylic acids is 1. The van der Waals surface area contributed by atoms with Gasteiger partial charge < -0.3 is 15.3 Å². The second-order valence-corrected chi connectivity index (χ2v) is 2.72. The summed E-state index contributed by atoms with van der Waals surface area (Å²) in [6.07, 6.45) is 4.53. The summed E-state index contributed by atoms with van der Waals surface area (Å²) in [7, 11) is 0. The Morgan fingerprint density at radius 3 is 2.62 bits per heavy atom. The average molecular weight is 182 g/mol. The van der Waals surface area contributed by atoms with Crippen LogP contribution in [-0.4, -0.2) is 21.3 Å². The predicted molar refractivity (Wildman–Crippen MR) is 46.4 cm³/mol. The molecule has 13 heavy (non-hydrogen) atoms. The zero-order valence-corrected chi connectivity index (χ0v) is 6.90. The second kappa shape index (κ2) is 3.80. The molecular weight excluding hydrogens is 172 g/mol. The smallest absolute Gasteiger partial charge is 0.328 e. The van der Waals surface area contributed by atoms with Gasteiger partial charge in [-0.2, -0.15) is 0 Å². The van der Waals surface area contributed by atoms with Gasteiger partial charge in [0.2, 0.25) is 0 Å². The summed E-state index contributed by atoms with van der Waals surface area (Å²) in [5.41, 5.74) is 0.692. The molecule has 0 fully saturated rings. The summed E-state index contributed by atoms with van der Waals surface area (Å²) in [4.78, 5) is 10.1. The monoisotopic (exact) mass is 182 g/mol. The molecule has 0 radical (unpaired) electrons. The lowest BCUT2D eigenvalue weighted by Crippen LogP contribution is -1.98. The lowest BCUT2D eigenvalue weighted by atomic mass is 10.0. The number of aliphatic carboxylic acids is 1. The van der Waals surface area contributed by atoms with Crippen molar-refractivity contribution in [1.82, 2.24) is 0 Å². The number of aliphatic hydroxyl groups excluding tert-OH is 2. The van der Waals surface area contributed by atoms with Crippen LogP contribution in [-0.2, 0) is 4.79 Å². The van der Waals surface area contributed by atoms with E-state index in [0.29, 0.717) is 5.57 Å². The van der Waals surface area contributed by atoms with Gasteiger partial charge in [0.25, 0.3) is 0 Å². The normalized spacial score (nSPS) is 17.7. The number of aliphatic hydroxyl groups is 2. The first kappa shape index (κ1) is 9.38. The fraction of sp³-hybridized carbons (Fsp3) is 0.222. The summed E-state index contributed by atoms with van der Waals surface area (Å²) < 4.78 is 0. The van der Waals surface area contributed by atoms with Crippen LogP contribution >= 0.6 is 0 Å². The third-order valence-corrected chi connectivity index (χ3v) is 1.70. The van der Waals surface area contributed by atoms with E-state index in [-0.39, 0.29) is 24.4 Å². The van der Waals surface area contributed by atoms with Crippen molar-refractivity contribution in [1.29, 1.82) is 0 Å². The van der Waals surface area contributed by atoms with Gasteiger partial charge in [0.15, 0.2) is 0 Å². The molecule has 0 aromatic heterocycles. The van der Waals surface area contributed by atoms with Gasteiger partial charge in [-0.15, -0.1) is 0 Å². The van der Waals surface area contributed by atoms with Crippen molar-refractivity contribution in [3.8, 4) is 0 Å². The Balaban J connectivity index is 2.62. The highest BCUT2D eigenvalue weighted by Gasteiger charge is 2.10. The van der Waals surface area contributed by atoms with E-state index in [4.69, 9.17) is 15.3 Å². The number of hydrogen-bond acceptors (Lipinski definition) is 3. The molecule has 70 valence electrons. The Hall–Kier alpha value is -1.71. The highest BCUT2D eigenvalue weighted by molar-refractivity contribution is 5.80. The second-order valence-electron chi connectivity index (χ2n) is 2.72. The van der Waals surface area contributed by atoms with Crippen molar-refractivity contribution in [2.45, 2.75) is 12.8 Å². The highest BCUT2D eigenvalue weighted by atomic mass is 16.4. The molecule has 4 nitrogen and oxygen atoms in total. The van der Waals surface area contributed by atoms with Crippen LogP contribution in [0.3, 0.4) is 0 Å². The van der Waals surface area contributed by atoms with Gasteiger partial charge in [0.1, 0.15) is 11.5 Å². The molecule has 1 rings (SSSR count). The molecule has 0 bridgehead atoms. The molecule has 0 atom stereocenters. The Morgan fingerprint density at radius 1 is 1.38 bits per heavy atom. The van der Waals surface area contributed by atoms with Gasteiger partial charge in [-0.25, -0.2) is 4.79 Å². The van der Waals surface area contributed by atoms with Crippen molar-refractivity contribution in [3.63, 3.8) is 0 Å². The quantitative estimate of drug-likeness (QED) is 0.567. The average Bonchev–Trinajstić information content (AvgIpc) is 2.07. The minimum Gasteiger partial charge on any atom is -0.508 e. The van der Waals surface area contributed by atoms with Crippen LogP contribution < -0.4 is 0 Å². The number of hydrogen-bond donors (Lipinski definition) is 3. The first-order valence-corrected chi connectivity index (χ1v) is 3.79. The van der Waals surface area contributed by atoms with Crippen molar-refractivity contribution in [2.75, 3.05) is 0 Å². The van der Waals surface area contributed by atoms with E-state index >= 15 is 0 Å². The molecule has 1 aliphatic rings. The number of rotatable bonds is 2. The van der Waals surface area contributed by atoms with E-state index in [1.54, 1.807) is 6.08 Å². The van der Waals surface area contributed by atoms with Crippen LogP contribution in [0.5, 0.6) is 0 Å². The zero-order chi connectivity index (χ0) is 9.84. The van der Waals surface area contributed by atoms with E-state index in [9.17, 15) is 4.79 Å². The third kappa shape index (κ3) is 2.66. The van der Waals surface area contributed by atoms with Gasteiger partial charge in [0, 0.05) is 18.9 Å². The Kier molecular flexibility index (Phi) is 2.74. The van der Waals surface area contributed by atoms with Gasteiger partial charge in [-0.05, 0) is 5.57 Å². The van der Waals surface area contributed by atoms with Crippen LogP contribution in [0, 0.1) is 0 Å². The van der Waals surface area contributed by atoms with Crippen LogP contribution in [0.25, 0.3) is 0 Å². The van der Waals surface area contributed by atoms with Crippen LogP contribution in [0.15, 0.2) is 35.3 Å². The lowest BCUT2D eigenvalue weighted by molar-refractivity contribution is -0.131. The maximum Gasteiger partial charge on any atom is 0.328 e. The number of carbonyl (C=O) groups is 1. The SMILES string of the molecule is O=C(O)C=CC1=CCC(O)=C(O)C1. The molecule has 3 N–H and O–H groups in total. The minimum atomic E-state index is -1.03. The van der Waals surface area contributed by atoms with Gasteiger partial charge in [-0.3, -0.25) is 0 Å². The Morgan fingerprint density at radius 2 is 2.08 bits per heavy atom. The topological polar surface area (TPSA) is 77.8 Å². The van der Waals surface area contributed by atoms with Gasteiger partial charge in [-0.1, -0.05) is 12.2 Å². The zero-order valence-electron chi connectivity index (χ0n) is 6.90. The standard InChI is InChI=1S/C9H10O4/c10-7-3-1-6(5-8(7)11)2-4-9(12)13/h1-2,4,10-11H,3,5H2,(H,12,13). The molecule has 4 heteroatoms. The van der Waals surface area contributed by atoms with Crippen LogP contribution in [0.1, 0.15) is 12.8 Å². The van der Waals surface area contributed by atoms with Crippen molar-refractivity contribution in [2.24, 2.45) is 0 Å². The molecule has 0 amide bonds. The molecule has 0 aromatic carbocycles. The van der Waals surface area contributed by atoms with E-state index in [2.05, 4.69) is 0 Å². The molecule has 0 saturated carbocycles. The summed E-state index contributed by atoms with van der Waals surface area (Å²) in [5.74, 6) is -1.17. The van der Waals surface area contributed by atoms with E-state index in [1.165, 1.54) is 6.08 Å². The van der Waals surface area contributed by atoms with Gasteiger partial charge >= 0.3 is 5.97 Å². The predicted octanol–water partition coefficient (Wildman–Crippen LogP) is 1.68. The van der Waals surface area contributed by atoms with Crippen LogP contribution in [0.4, 0.5) is 0 Å². The largest absolute Gasteiger partial charge is 0.508 e. The number of allylic oxidation sites excluding steroid dienone is 3. The summed E-state index contributed by atoms with van der Waals surface area (Å²) >= 11 is 0. The first-order valence-electron chi connectivity index (χ1n) is 3.79. The third-order valence-electron chi connectivity index (χ3n) is 1.70. The maximum atomic E-state index is 10.1. The summed E-state index contributed by atoms with van der Waals surface area (Å²) in [6.45, 7) is 0. The van der Waals surface area contributed by atoms with Crippen LogP contribution in [0.2, 0.25) is 0 Å². The molecule has 0 aliphatic heterocycles. The molecular formula is C9H10O4. The molecule has 0 heterocycles. The van der Waals surface area contributed by atoms with Crippen molar-refractivity contribution >= 4 is 5.97 Å². The fourth-order valence-corrected chi connectivity index (χ4v) is 1.02. The summed E-state index contributed by atoms with van der Waals surface area (Å²) in [5, 5.41) is 26.5. The highest BCUT2D eigenvalue weighted by Crippen LogP contribution is 2.21. The fourth-order valence-electron chi connectivity index (χ4n) is 1.02. The minimum absolute atomic E-state index is 0.0486. The Bertz CT molecular complexity index is 310. The van der Waals surface area contributed by atoms with E-state index in [0.717, 1.165) is 6.08 Å². The molecule has 0 aromatic rings. The van der Waals surface area contributed by atoms with Crippen molar-refractivity contribution in [3.05, 3.63) is 35.3 Å². The van der Waals surface area contributed by atoms with Crippen molar-refractivity contribution < 1.29 is 20.1 Å². The van der Waals surface area contributed by atoms with E-state index in [1.807, 2.05) is 0 Å². The molecule has 0 spiro atoms.